The summed E-state index contributed by atoms with van der Waals surface area (Å²) in [4.78, 5) is 38.6. The van der Waals surface area contributed by atoms with Crippen LogP contribution in [0.15, 0.2) is 0 Å². The number of aliphatic hydroxyl groups excluding tert-OH is 1. The van der Waals surface area contributed by atoms with Gasteiger partial charge >= 0.3 is 12.1 Å². The van der Waals surface area contributed by atoms with E-state index < -0.39 is 35.9 Å². The number of amides is 2. The van der Waals surface area contributed by atoms with Crippen molar-refractivity contribution in [3.05, 3.63) is 0 Å². The lowest BCUT2D eigenvalue weighted by atomic mass is 9.97. The summed E-state index contributed by atoms with van der Waals surface area (Å²) in [7, 11) is 1.30. The van der Waals surface area contributed by atoms with E-state index >= 15 is 0 Å². The Bertz CT molecular complexity index is 530. The van der Waals surface area contributed by atoms with E-state index in [4.69, 9.17) is 9.47 Å². The molecule has 25 heavy (non-hydrogen) atoms. The fourth-order valence-electron chi connectivity index (χ4n) is 3.49. The van der Waals surface area contributed by atoms with Crippen LogP contribution in [0.4, 0.5) is 4.79 Å². The molecule has 4 atom stereocenters. The smallest absolute Gasteiger partial charge is 0.408 e. The topological polar surface area (TPSA) is 105 Å². The summed E-state index contributed by atoms with van der Waals surface area (Å²) in [6.45, 7) is 5.18. The Hall–Kier alpha value is -1.83. The minimum absolute atomic E-state index is 0.0924. The molecule has 2 aliphatic rings. The lowest BCUT2D eigenvalue weighted by Gasteiger charge is -2.36. The molecular weight excluding hydrogens is 328 g/mol. The van der Waals surface area contributed by atoms with E-state index in [0.717, 1.165) is 0 Å². The quantitative estimate of drug-likeness (QED) is 0.714. The van der Waals surface area contributed by atoms with Crippen LogP contribution in [0.25, 0.3) is 0 Å². The van der Waals surface area contributed by atoms with Crippen LogP contribution in [-0.4, -0.2) is 64.9 Å². The van der Waals surface area contributed by atoms with Crippen LogP contribution < -0.4 is 5.32 Å². The maximum atomic E-state index is 13.0. The molecule has 8 nitrogen and oxygen atoms in total. The predicted octanol–water partition coefficient (Wildman–Crippen LogP) is 0.957. The highest BCUT2D eigenvalue weighted by atomic mass is 16.6. The second-order valence-electron chi connectivity index (χ2n) is 7.68. The molecule has 0 spiro atoms. The highest BCUT2D eigenvalue weighted by Gasteiger charge is 2.45. The fraction of sp³-hybridized carbons (Fsp3) is 0.824. The van der Waals surface area contributed by atoms with Gasteiger partial charge in [0.15, 0.2) is 0 Å². The standard InChI is InChI=1S/C17H28N2O6/c1-17(2,3)25-16(23)18-12-9-11(20)7-5-10-6-8-13(15(22)24-4)19(10)14(12)21/h10-13,20H,5-9H2,1-4H3,(H,18,23)/t10-,11+,12-,13-/m0/s1. The van der Waals surface area contributed by atoms with Crippen molar-refractivity contribution in [2.24, 2.45) is 0 Å². The molecule has 2 fully saturated rings. The summed E-state index contributed by atoms with van der Waals surface area (Å²) in [5.74, 6) is -0.824. The Morgan fingerprint density at radius 3 is 2.44 bits per heavy atom. The van der Waals surface area contributed by atoms with Crippen LogP contribution >= 0.6 is 0 Å². The van der Waals surface area contributed by atoms with Gasteiger partial charge in [-0.15, -0.1) is 0 Å². The van der Waals surface area contributed by atoms with Crippen LogP contribution in [0.1, 0.15) is 52.9 Å². The summed E-state index contributed by atoms with van der Waals surface area (Å²) < 4.78 is 10.0. The summed E-state index contributed by atoms with van der Waals surface area (Å²) in [6.07, 6.45) is 1.02. The van der Waals surface area contributed by atoms with E-state index in [1.54, 1.807) is 20.8 Å². The Kier molecular flexibility index (Phi) is 5.92. The number of rotatable bonds is 2. The molecule has 2 N–H and O–H groups in total. The molecule has 0 aromatic rings. The number of hydrogen-bond donors (Lipinski definition) is 2. The number of ether oxygens (including phenoxy) is 2. The SMILES string of the molecule is COC(=O)[C@@H]1CC[C@@H]2CC[C@@H](O)C[C@H](NC(=O)OC(C)(C)C)C(=O)N21. The second kappa shape index (κ2) is 7.59. The lowest BCUT2D eigenvalue weighted by Crippen LogP contribution is -2.56. The van der Waals surface area contributed by atoms with Crippen LogP contribution in [0.2, 0.25) is 0 Å². The van der Waals surface area contributed by atoms with Crippen molar-refractivity contribution in [1.29, 1.82) is 0 Å². The van der Waals surface area contributed by atoms with Gasteiger partial charge in [-0.25, -0.2) is 9.59 Å². The number of hydrogen-bond acceptors (Lipinski definition) is 6. The normalized spacial score (nSPS) is 30.1. The lowest BCUT2D eigenvalue weighted by molar-refractivity contribution is -0.154. The molecule has 8 heteroatoms. The van der Waals surface area contributed by atoms with E-state index in [1.807, 2.05) is 0 Å². The van der Waals surface area contributed by atoms with Crippen LogP contribution in [0.3, 0.4) is 0 Å². The van der Waals surface area contributed by atoms with E-state index in [9.17, 15) is 19.5 Å². The van der Waals surface area contributed by atoms with Gasteiger partial charge in [0, 0.05) is 12.5 Å². The van der Waals surface area contributed by atoms with Crippen molar-refractivity contribution in [3.8, 4) is 0 Å². The first-order valence-corrected chi connectivity index (χ1v) is 8.70. The Labute approximate surface area is 147 Å². The fourth-order valence-corrected chi connectivity index (χ4v) is 3.49. The van der Waals surface area contributed by atoms with Crippen LogP contribution in [0, 0.1) is 0 Å². The molecule has 142 valence electrons. The van der Waals surface area contributed by atoms with Gasteiger partial charge in [0.25, 0.3) is 0 Å². The summed E-state index contributed by atoms with van der Waals surface area (Å²) in [6, 6.07) is -1.70. The van der Waals surface area contributed by atoms with Gasteiger partial charge in [-0.2, -0.15) is 0 Å². The highest BCUT2D eigenvalue weighted by molar-refractivity contribution is 5.90. The zero-order valence-electron chi connectivity index (χ0n) is 15.3. The second-order valence-corrected chi connectivity index (χ2v) is 7.68. The van der Waals surface area contributed by atoms with E-state index in [0.29, 0.717) is 25.7 Å². The third-order valence-electron chi connectivity index (χ3n) is 4.56. The van der Waals surface area contributed by atoms with Crippen molar-refractivity contribution in [3.63, 3.8) is 0 Å². The molecule has 0 aliphatic carbocycles. The Balaban J connectivity index is 2.18. The molecule has 0 aromatic carbocycles. The van der Waals surface area contributed by atoms with Gasteiger partial charge in [0.2, 0.25) is 5.91 Å². The molecule has 0 bridgehead atoms. The van der Waals surface area contributed by atoms with Gasteiger partial charge in [-0.05, 0) is 46.5 Å². The number of carbonyl (C=O) groups is 3. The minimum atomic E-state index is -0.932. The zero-order valence-corrected chi connectivity index (χ0v) is 15.3. The first-order chi connectivity index (χ1) is 11.6. The third-order valence-corrected chi connectivity index (χ3v) is 4.56. The van der Waals surface area contributed by atoms with Crippen LogP contribution in [0.5, 0.6) is 0 Å². The number of alkyl carbamates (subject to hydrolysis) is 1. The molecule has 0 saturated carbocycles. The monoisotopic (exact) mass is 356 g/mol. The van der Waals surface area contributed by atoms with Gasteiger partial charge < -0.3 is 24.8 Å². The molecule has 2 amide bonds. The molecule has 0 unspecified atom stereocenters. The molecule has 2 saturated heterocycles. The molecule has 2 aliphatic heterocycles. The molecule has 0 radical (unpaired) electrons. The van der Waals surface area contributed by atoms with E-state index in [-0.39, 0.29) is 18.4 Å². The number of aliphatic hydroxyl groups is 1. The average molecular weight is 356 g/mol. The van der Waals surface area contributed by atoms with E-state index in [1.165, 1.54) is 12.0 Å². The largest absolute Gasteiger partial charge is 0.467 e. The van der Waals surface area contributed by atoms with Crippen molar-refractivity contribution in [1.82, 2.24) is 10.2 Å². The minimum Gasteiger partial charge on any atom is -0.467 e. The van der Waals surface area contributed by atoms with Gasteiger partial charge in [-0.3, -0.25) is 4.79 Å². The van der Waals surface area contributed by atoms with Crippen molar-refractivity contribution < 1.29 is 29.0 Å². The molecule has 2 heterocycles. The first-order valence-electron chi connectivity index (χ1n) is 8.70. The number of nitrogens with one attached hydrogen (secondary N) is 1. The number of esters is 1. The number of carbonyl (C=O) groups excluding carboxylic acids is 3. The van der Waals surface area contributed by atoms with Crippen molar-refractivity contribution >= 4 is 18.0 Å². The summed E-state index contributed by atoms with van der Waals surface area (Å²) in [5, 5.41) is 12.7. The van der Waals surface area contributed by atoms with Gasteiger partial charge in [0.05, 0.1) is 13.2 Å². The highest BCUT2D eigenvalue weighted by Crippen LogP contribution is 2.32. The summed E-state index contributed by atoms with van der Waals surface area (Å²) in [5.41, 5.74) is -0.696. The van der Waals surface area contributed by atoms with Gasteiger partial charge in [0.1, 0.15) is 17.7 Å². The zero-order chi connectivity index (χ0) is 18.8. The summed E-state index contributed by atoms with van der Waals surface area (Å²) >= 11 is 0. The van der Waals surface area contributed by atoms with Crippen molar-refractivity contribution in [2.75, 3.05) is 7.11 Å². The average Bonchev–Trinajstić information content (AvgIpc) is 2.91. The van der Waals surface area contributed by atoms with Crippen molar-refractivity contribution in [2.45, 2.75) is 82.7 Å². The molecule has 2 rings (SSSR count). The maximum absolute atomic E-state index is 13.0. The van der Waals surface area contributed by atoms with E-state index in [2.05, 4.69) is 5.32 Å². The predicted molar refractivity (Wildman–Crippen MR) is 88.7 cm³/mol. The number of nitrogens with zero attached hydrogens (tertiary/aromatic N) is 1. The molecule has 0 aromatic heterocycles. The maximum Gasteiger partial charge on any atom is 0.408 e. The Morgan fingerprint density at radius 2 is 1.84 bits per heavy atom. The Morgan fingerprint density at radius 1 is 1.20 bits per heavy atom. The number of methoxy groups -OCH3 is 1. The molecular formula is C17H28N2O6. The van der Waals surface area contributed by atoms with Gasteiger partial charge in [-0.1, -0.05) is 0 Å². The third kappa shape index (κ3) is 4.84. The number of fused-ring (bicyclic) bond motifs is 1. The first kappa shape index (κ1) is 19.5. The van der Waals surface area contributed by atoms with Crippen LogP contribution in [-0.2, 0) is 19.1 Å².